The summed E-state index contributed by atoms with van der Waals surface area (Å²) in [6, 6.07) is 6.66. The summed E-state index contributed by atoms with van der Waals surface area (Å²) in [5.41, 5.74) is 1.25. The molecule has 2 rings (SSSR count). The van der Waals surface area contributed by atoms with Crippen molar-refractivity contribution in [3.05, 3.63) is 36.3 Å². The number of hydrogen-bond donors (Lipinski definition) is 0. The van der Waals surface area contributed by atoms with Crippen molar-refractivity contribution in [2.24, 2.45) is 0 Å². The lowest BCUT2D eigenvalue weighted by atomic mass is 10.1. The smallest absolute Gasteiger partial charge is 0.316 e. The molecule has 0 unspecified atom stereocenters. The molecule has 0 spiro atoms. The van der Waals surface area contributed by atoms with E-state index in [2.05, 4.69) is 9.97 Å². The molecule has 1 aromatic heterocycles. The Morgan fingerprint density at radius 3 is 2.78 bits per heavy atom. The first-order chi connectivity index (χ1) is 8.74. The van der Waals surface area contributed by atoms with E-state index in [1.54, 1.807) is 24.4 Å². The summed E-state index contributed by atoms with van der Waals surface area (Å²) in [4.78, 5) is 8.04. The summed E-state index contributed by atoms with van der Waals surface area (Å²) in [6.07, 6.45) is 1.57. The van der Waals surface area contributed by atoms with E-state index in [1.807, 2.05) is 6.92 Å². The molecule has 0 fully saturated rings. The number of methoxy groups -OCH3 is 1. The molecule has 0 atom stereocenters. The van der Waals surface area contributed by atoms with Crippen LogP contribution in [0.4, 0.5) is 4.39 Å². The summed E-state index contributed by atoms with van der Waals surface area (Å²) in [5, 5.41) is 0. The Kier molecular flexibility index (Phi) is 3.72. The number of hydrogen-bond acceptors (Lipinski definition) is 4. The lowest BCUT2D eigenvalue weighted by Crippen LogP contribution is -1.96. The lowest BCUT2D eigenvalue weighted by Gasteiger charge is -2.07. The molecule has 0 aliphatic heterocycles. The predicted octanol–water partition coefficient (Wildman–Crippen LogP) is 2.69. The number of nitrogens with zero attached hydrogens (tertiary/aromatic N) is 2. The van der Waals surface area contributed by atoms with Crippen LogP contribution in [0.2, 0.25) is 0 Å². The van der Waals surface area contributed by atoms with Crippen molar-refractivity contribution in [3.63, 3.8) is 0 Å². The third kappa shape index (κ3) is 2.56. The van der Waals surface area contributed by atoms with Gasteiger partial charge in [-0.1, -0.05) is 0 Å². The minimum absolute atomic E-state index is 0.238. The molecule has 18 heavy (non-hydrogen) atoms. The molecular formula is C13H13FN2O2. The van der Waals surface area contributed by atoms with Gasteiger partial charge in [-0.2, -0.15) is 4.98 Å². The van der Waals surface area contributed by atoms with Gasteiger partial charge in [-0.05, 0) is 31.2 Å². The third-order valence-corrected chi connectivity index (χ3v) is 2.34. The van der Waals surface area contributed by atoms with Crippen LogP contribution in [0.5, 0.6) is 11.8 Å². The number of aromatic nitrogens is 2. The largest absolute Gasteiger partial charge is 0.491 e. The average Bonchev–Trinajstić information content (AvgIpc) is 2.41. The van der Waals surface area contributed by atoms with E-state index in [0.717, 1.165) is 0 Å². The normalized spacial score (nSPS) is 10.2. The predicted molar refractivity (Wildman–Crippen MR) is 65.1 cm³/mol. The number of rotatable bonds is 4. The molecule has 94 valence electrons. The van der Waals surface area contributed by atoms with E-state index in [0.29, 0.717) is 17.9 Å². The summed E-state index contributed by atoms with van der Waals surface area (Å²) in [5.74, 6) is -0.172. The number of halogens is 1. The highest BCUT2D eigenvalue weighted by molar-refractivity contribution is 5.60. The lowest BCUT2D eigenvalue weighted by molar-refractivity contribution is 0.321. The van der Waals surface area contributed by atoms with Gasteiger partial charge in [0.1, 0.15) is 0 Å². The Balaban J connectivity index is 2.35. The summed E-state index contributed by atoms with van der Waals surface area (Å²) >= 11 is 0. The van der Waals surface area contributed by atoms with Crippen LogP contribution >= 0.6 is 0 Å². The molecule has 4 nitrogen and oxygen atoms in total. The van der Waals surface area contributed by atoms with Gasteiger partial charge in [0, 0.05) is 11.8 Å². The van der Waals surface area contributed by atoms with E-state index in [1.165, 1.54) is 13.2 Å². The Morgan fingerprint density at radius 1 is 1.28 bits per heavy atom. The standard InChI is InChI=1S/C13H13FN2O2/c1-3-18-12-5-4-9(8-10(12)14)11-6-7-15-13(16-11)17-2/h4-8H,3H2,1-2H3. The zero-order valence-electron chi connectivity index (χ0n) is 10.2. The monoisotopic (exact) mass is 248 g/mol. The fraction of sp³-hybridized carbons (Fsp3) is 0.231. The Morgan fingerprint density at radius 2 is 2.11 bits per heavy atom. The molecule has 0 N–H and O–H groups in total. The maximum absolute atomic E-state index is 13.7. The van der Waals surface area contributed by atoms with Crippen molar-refractivity contribution in [1.29, 1.82) is 0 Å². The van der Waals surface area contributed by atoms with Crippen LogP contribution in [0.25, 0.3) is 11.3 Å². The van der Waals surface area contributed by atoms with Crippen molar-refractivity contribution in [3.8, 4) is 23.0 Å². The fourth-order valence-corrected chi connectivity index (χ4v) is 1.53. The molecule has 0 aliphatic carbocycles. The zero-order valence-corrected chi connectivity index (χ0v) is 10.2. The highest BCUT2D eigenvalue weighted by atomic mass is 19.1. The second kappa shape index (κ2) is 5.44. The average molecular weight is 248 g/mol. The van der Waals surface area contributed by atoms with Crippen molar-refractivity contribution in [2.45, 2.75) is 6.92 Å². The molecule has 0 radical (unpaired) electrons. The maximum Gasteiger partial charge on any atom is 0.316 e. The van der Waals surface area contributed by atoms with E-state index in [-0.39, 0.29) is 11.8 Å². The van der Waals surface area contributed by atoms with Gasteiger partial charge in [-0.15, -0.1) is 0 Å². The highest BCUT2D eigenvalue weighted by Crippen LogP contribution is 2.24. The second-order valence-electron chi connectivity index (χ2n) is 3.51. The first-order valence-electron chi connectivity index (χ1n) is 5.54. The first-order valence-corrected chi connectivity index (χ1v) is 5.54. The van der Waals surface area contributed by atoms with Gasteiger partial charge in [0.25, 0.3) is 0 Å². The first kappa shape index (κ1) is 12.3. The fourth-order valence-electron chi connectivity index (χ4n) is 1.53. The van der Waals surface area contributed by atoms with E-state index in [4.69, 9.17) is 9.47 Å². The molecule has 1 aromatic carbocycles. The van der Waals surface area contributed by atoms with E-state index >= 15 is 0 Å². The number of ether oxygens (including phenoxy) is 2. The number of benzene rings is 1. The van der Waals surface area contributed by atoms with Crippen LogP contribution in [0.1, 0.15) is 6.92 Å². The van der Waals surface area contributed by atoms with Crippen LogP contribution in [-0.4, -0.2) is 23.7 Å². The summed E-state index contributed by atoms with van der Waals surface area (Å²) in [6.45, 7) is 2.24. The van der Waals surface area contributed by atoms with Crippen molar-refractivity contribution in [2.75, 3.05) is 13.7 Å². The Labute approximate surface area is 104 Å². The van der Waals surface area contributed by atoms with Crippen LogP contribution in [0, 0.1) is 5.82 Å². The van der Waals surface area contributed by atoms with Crippen LogP contribution < -0.4 is 9.47 Å². The van der Waals surface area contributed by atoms with E-state index in [9.17, 15) is 4.39 Å². The van der Waals surface area contributed by atoms with Crippen molar-refractivity contribution < 1.29 is 13.9 Å². The third-order valence-electron chi connectivity index (χ3n) is 2.34. The zero-order chi connectivity index (χ0) is 13.0. The van der Waals surface area contributed by atoms with Crippen LogP contribution in [-0.2, 0) is 0 Å². The van der Waals surface area contributed by atoms with Gasteiger partial charge in [-0.3, -0.25) is 0 Å². The highest BCUT2D eigenvalue weighted by Gasteiger charge is 2.07. The molecule has 1 heterocycles. The molecular weight excluding hydrogens is 235 g/mol. The molecule has 0 saturated carbocycles. The van der Waals surface area contributed by atoms with Gasteiger partial charge in [0.2, 0.25) is 0 Å². The van der Waals surface area contributed by atoms with E-state index < -0.39 is 5.82 Å². The van der Waals surface area contributed by atoms with Crippen LogP contribution in [0.3, 0.4) is 0 Å². The van der Waals surface area contributed by atoms with Crippen molar-refractivity contribution in [1.82, 2.24) is 9.97 Å². The quantitative estimate of drug-likeness (QED) is 0.834. The maximum atomic E-state index is 13.7. The molecule has 5 heteroatoms. The van der Waals surface area contributed by atoms with Gasteiger partial charge in [0.05, 0.1) is 19.4 Å². The molecule has 0 saturated heterocycles. The Bertz CT molecular complexity index is 546. The molecule has 0 bridgehead atoms. The topological polar surface area (TPSA) is 44.2 Å². The molecule has 0 amide bonds. The SMILES string of the molecule is CCOc1ccc(-c2ccnc(OC)n2)cc1F. The van der Waals surface area contributed by atoms with Gasteiger partial charge < -0.3 is 9.47 Å². The minimum Gasteiger partial charge on any atom is -0.491 e. The summed E-state index contributed by atoms with van der Waals surface area (Å²) < 4.78 is 23.8. The van der Waals surface area contributed by atoms with Gasteiger partial charge >= 0.3 is 6.01 Å². The Hall–Kier alpha value is -2.17. The van der Waals surface area contributed by atoms with Crippen molar-refractivity contribution >= 4 is 0 Å². The van der Waals surface area contributed by atoms with Gasteiger partial charge in [-0.25, -0.2) is 9.37 Å². The second-order valence-corrected chi connectivity index (χ2v) is 3.51. The van der Waals surface area contributed by atoms with Crippen LogP contribution in [0.15, 0.2) is 30.5 Å². The van der Waals surface area contributed by atoms with Gasteiger partial charge in [0.15, 0.2) is 11.6 Å². The molecule has 0 aliphatic rings. The minimum atomic E-state index is -0.410. The summed E-state index contributed by atoms with van der Waals surface area (Å²) in [7, 11) is 1.48. The molecule has 2 aromatic rings.